The molecular formula is C11H21N2. The van der Waals surface area contributed by atoms with E-state index in [1.165, 1.54) is 51.7 Å². The van der Waals surface area contributed by atoms with Gasteiger partial charge in [-0.1, -0.05) is 0 Å². The first-order chi connectivity index (χ1) is 6.45. The second-order valence-electron chi connectivity index (χ2n) is 4.45. The summed E-state index contributed by atoms with van der Waals surface area (Å²) in [6.45, 7) is 6.33. The van der Waals surface area contributed by atoms with Crippen LogP contribution in [0.1, 0.15) is 32.1 Å². The van der Waals surface area contributed by atoms with Gasteiger partial charge >= 0.3 is 0 Å². The topological polar surface area (TPSA) is 17.3 Å². The Balaban J connectivity index is 1.60. The van der Waals surface area contributed by atoms with Crippen LogP contribution in [0.3, 0.4) is 0 Å². The van der Waals surface area contributed by atoms with Crippen molar-refractivity contribution in [3.05, 3.63) is 0 Å². The van der Waals surface area contributed by atoms with E-state index in [2.05, 4.69) is 10.2 Å². The lowest BCUT2D eigenvalue weighted by Gasteiger charge is -2.24. The van der Waals surface area contributed by atoms with Gasteiger partial charge in [0, 0.05) is 13.1 Å². The van der Waals surface area contributed by atoms with Crippen molar-refractivity contribution in [2.75, 3.05) is 32.7 Å². The Morgan fingerprint density at radius 3 is 2.46 bits per heavy atom. The molecule has 2 heterocycles. The number of piperidine rings is 1. The zero-order chi connectivity index (χ0) is 8.93. The van der Waals surface area contributed by atoms with Gasteiger partial charge in [0.2, 0.25) is 0 Å². The lowest BCUT2D eigenvalue weighted by molar-refractivity contribution is 0.271. The molecule has 0 aromatic rings. The molecule has 2 heteroatoms. The van der Waals surface area contributed by atoms with Crippen LogP contribution in [0.5, 0.6) is 0 Å². The number of likely N-dealkylation sites (tertiary alicyclic amines) is 1. The Labute approximate surface area is 81.7 Å². The van der Waals surface area contributed by atoms with Crippen LogP contribution in [0.2, 0.25) is 0 Å². The predicted molar refractivity (Wildman–Crippen MR) is 54.9 cm³/mol. The average molecular weight is 181 g/mol. The minimum absolute atomic E-state index is 0.984. The maximum Gasteiger partial charge on any atom is 0.0136 e. The molecule has 2 nitrogen and oxygen atoms in total. The van der Waals surface area contributed by atoms with Crippen LogP contribution in [0.25, 0.3) is 0 Å². The number of hydrogen-bond donors (Lipinski definition) is 0. The molecule has 2 saturated heterocycles. The quantitative estimate of drug-likeness (QED) is 0.645. The number of rotatable bonds is 3. The molecule has 0 unspecified atom stereocenters. The highest BCUT2D eigenvalue weighted by Gasteiger charge is 2.16. The molecule has 2 rings (SSSR count). The smallest absolute Gasteiger partial charge is 0.0136 e. The summed E-state index contributed by atoms with van der Waals surface area (Å²) in [5.41, 5.74) is 0. The van der Waals surface area contributed by atoms with Crippen molar-refractivity contribution in [3.8, 4) is 0 Å². The van der Waals surface area contributed by atoms with Crippen LogP contribution < -0.4 is 5.32 Å². The minimum atomic E-state index is 0.984. The van der Waals surface area contributed by atoms with Crippen molar-refractivity contribution in [1.29, 1.82) is 0 Å². The zero-order valence-corrected chi connectivity index (χ0v) is 8.54. The van der Waals surface area contributed by atoms with E-state index in [0.717, 1.165) is 19.0 Å². The average Bonchev–Trinajstić information content (AvgIpc) is 2.69. The van der Waals surface area contributed by atoms with Crippen molar-refractivity contribution < 1.29 is 0 Å². The van der Waals surface area contributed by atoms with Crippen molar-refractivity contribution in [2.24, 2.45) is 5.92 Å². The van der Waals surface area contributed by atoms with Crippen molar-refractivity contribution in [3.63, 3.8) is 0 Å². The van der Waals surface area contributed by atoms with E-state index < -0.39 is 0 Å². The van der Waals surface area contributed by atoms with Gasteiger partial charge in [-0.15, -0.1) is 0 Å². The fourth-order valence-electron chi connectivity index (χ4n) is 2.46. The molecule has 0 saturated carbocycles. The van der Waals surface area contributed by atoms with E-state index >= 15 is 0 Å². The molecule has 2 aliphatic rings. The molecule has 1 radical (unpaired) electrons. The highest BCUT2D eigenvalue weighted by molar-refractivity contribution is 4.72. The molecule has 0 amide bonds. The summed E-state index contributed by atoms with van der Waals surface area (Å²) >= 11 is 0. The lowest BCUT2D eigenvalue weighted by Crippen LogP contribution is -2.27. The third-order valence-electron chi connectivity index (χ3n) is 3.44. The van der Waals surface area contributed by atoms with Gasteiger partial charge < -0.3 is 4.90 Å². The number of hydrogen-bond acceptors (Lipinski definition) is 1. The monoisotopic (exact) mass is 181 g/mol. The van der Waals surface area contributed by atoms with Gasteiger partial charge in [0.25, 0.3) is 0 Å². The van der Waals surface area contributed by atoms with E-state index in [1.54, 1.807) is 0 Å². The fourth-order valence-corrected chi connectivity index (χ4v) is 2.46. The second-order valence-corrected chi connectivity index (χ2v) is 4.45. The summed E-state index contributed by atoms with van der Waals surface area (Å²) in [5, 5.41) is 4.39. The van der Waals surface area contributed by atoms with Crippen LogP contribution in [0.15, 0.2) is 0 Å². The van der Waals surface area contributed by atoms with Crippen LogP contribution in [-0.2, 0) is 0 Å². The molecule has 2 aliphatic heterocycles. The third-order valence-corrected chi connectivity index (χ3v) is 3.44. The molecular weight excluding hydrogens is 160 g/mol. The highest BCUT2D eigenvalue weighted by Crippen LogP contribution is 2.18. The van der Waals surface area contributed by atoms with Crippen molar-refractivity contribution in [1.82, 2.24) is 10.2 Å². The Kier molecular flexibility index (Phi) is 3.62. The molecule has 0 spiro atoms. The molecule has 0 aromatic heterocycles. The standard InChI is InChI=1S/C11H21N2/c1-2-9-13(8-1)10-5-11-3-6-12-7-4-11/h11H,1-10H2. The third kappa shape index (κ3) is 2.96. The van der Waals surface area contributed by atoms with Gasteiger partial charge in [-0.2, -0.15) is 0 Å². The summed E-state index contributed by atoms with van der Waals surface area (Å²) in [4.78, 5) is 2.63. The largest absolute Gasteiger partial charge is 0.303 e. The Hall–Kier alpha value is -0.0800. The maximum absolute atomic E-state index is 4.39. The molecule has 0 aliphatic carbocycles. The van der Waals surface area contributed by atoms with E-state index in [4.69, 9.17) is 0 Å². The van der Waals surface area contributed by atoms with E-state index in [-0.39, 0.29) is 0 Å². The van der Waals surface area contributed by atoms with E-state index in [1.807, 2.05) is 0 Å². The highest BCUT2D eigenvalue weighted by atomic mass is 15.1. The maximum atomic E-state index is 4.39. The normalized spacial score (nSPS) is 26.8. The molecule has 0 atom stereocenters. The van der Waals surface area contributed by atoms with Crippen molar-refractivity contribution in [2.45, 2.75) is 32.1 Å². The first kappa shape index (κ1) is 9.47. The predicted octanol–water partition coefficient (Wildman–Crippen LogP) is 1.49. The van der Waals surface area contributed by atoms with Gasteiger partial charge in [0.15, 0.2) is 0 Å². The van der Waals surface area contributed by atoms with Crippen molar-refractivity contribution >= 4 is 0 Å². The summed E-state index contributed by atoms with van der Waals surface area (Å²) < 4.78 is 0. The van der Waals surface area contributed by atoms with Crippen LogP contribution >= 0.6 is 0 Å². The second kappa shape index (κ2) is 4.97. The summed E-state index contributed by atoms with van der Waals surface area (Å²) in [7, 11) is 0. The van der Waals surface area contributed by atoms with Crippen LogP contribution in [0, 0.1) is 5.92 Å². The van der Waals surface area contributed by atoms with Gasteiger partial charge in [0.05, 0.1) is 0 Å². The molecule has 75 valence electrons. The molecule has 0 bridgehead atoms. The Morgan fingerprint density at radius 2 is 1.77 bits per heavy atom. The first-order valence-corrected chi connectivity index (χ1v) is 5.81. The van der Waals surface area contributed by atoms with Crippen LogP contribution in [0.4, 0.5) is 0 Å². The minimum Gasteiger partial charge on any atom is -0.303 e. The summed E-state index contributed by atoms with van der Waals surface area (Å²) in [6.07, 6.45) is 7.00. The Bertz CT molecular complexity index is 135. The summed E-state index contributed by atoms with van der Waals surface area (Å²) in [6, 6.07) is 0. The SMILES string of the molecule is C1CCN(CCC2CC[N]CC2)C1. The first-order valence-electron chi connectivity index (χ1n) is 5.81. The number of nitrogens with zero attached hydrogens (tertiary/aromatic N) is 2. The fraction of sp³-hybridized carbons (Fsp3) is 1.00. The lowest BCUT2D eigenvalue weighted by atomic mass is 9.94. The molecule has 13 heavy (non-hydrogen) atoms. The Morgan fingerprint density at radius 1 is 1.08 bits per heavy atom. The van der Waals surface area contributed by atoms with Gasteiger partial charge in [-0.05, 0) is 57.7 Å². The van der Waals surface area contributed by atoms with Gasteiger partial charge in [0.1, 0.15) is 0 Å². The van der Waals surface area contributed by atoms with E-state index in [9.17, 15) is 0 Å². The van der Waals surface area contributed by atoms with Crippen LogP contribution in [-0.4, -0.2) is 37.6 Å². The summed E-state index contributed by atoms with van der Waals surface area (Å²) in [5.74, 6) is 0.984. The molecule has 0 aromatic carbocycles. The molecule has 2 fully saturated rings. The molecule has 0 N–H and O–H groups in total. The van der Waals surface area contributed by atoms with Gasteiger partial charge in [-0.3, -0.25) is 0 Å². The van der Waals surface area contributed by atoms with E-state index in [0.29, 0.717) is 0 Å². The van der Waals surface area contributed by atoms with Gasteiger partial charge in [-0.25, -0.2) is 5.32 Å². The zero-order valence-electron chi connectivity index (χ0n) is 8.54.